The van der Waals surface area contributed by atoms with Crippen molar-refractivity contribution in [3.8, 4) is 0 Å². The number of rotatable bonds is 6. The van der Waals surface area contributed by atoms with Crippen molar-refractivity contribution in [1.82, 2.24) is 10.2 Å². The number of nitrogens with zero attached hydrogens (tertiary/aromatic N) is 1. The minimum Gasteiger partial charge on any atom is -0.359 e. The highest BCUT2D eigenvalue weighted by Crippen LogP contribution is 2.56. The molecule has 3 fully saturated rings. The molecule has 1 aromatic rings. The molecule has 1 spiro atoms. The number of likely N-dealkylation sites (tertiary alicyclic amines) is 1. The van der Waals surface area contributed by atoms with Gasteiger partial charge in [0.15, 0.2) is 0 Å². The highest BCUT2D eigenvalue weighted by molar-refractivity contribution is 6.31. The van der Waals surface area contributed by atoms with Gasteiger partial charge in [-0.05, 0) is 56.2 Å². The summed E-state index contributed by atoms with van der Waals surface area (Å²) < 4.78 is 6.44. The summed E-state index contributed by atoms with van der Waals surface area (Å²) in [5.74, 6) is -1.26. The van der Waals surface area contributed by atoms with Gasteiger partial charge in [-0.2, -0.15) is 0 Å². The quantitative estimate of drug-likeness (QED) is 0.534. The number of ether oxygens (including phenoxy) is 1. The highest BCUT2D eigenvalue weighted by Gasteiger charge is 2.73. The molecule has 5 rings (SSSR count). The van der Waals surface area contributed by atoms with Crippen LogP contribution in [0.2, 0.25) is 5.02 Å². The number of halogens is 1. The highest BCUT2D eigenvalue weighted by atomic mass is 35.5. The molecule has 2 saturated heterocycles. The van der Waals surface area contributed by atoms with E-state index in [0.29, 0.717) is 29.0 Å². The summed E-state index contributed by atoms with van der Waals surface area (Å²) >= 11 is 6.26. The summed E-state index contributed by atoms with van der Waals surface area (Å²) in [4.78, 5) is 43.2. The molecule has 37 heavy (non-hydrogen) atoms. The van der Waals surface area contributed by atoms with Gasteiger partial charge in [0.25, 0.3) is 0 Å². The third kappa shape index (κ3) is 4.19. The third-order valence-corrected chi connectivity index (χ3v) is 9.81. The van der Waals surface area contributed by atoms with E-state index < -0.39 is 29.6 Å². The van der Waals surface area contributed by atoms with E-state index in [-0.39, 0.29) is 29.8 Å². The first-order valence-electron chi connectivity index (χ1n) is 13.7. The lowest BCUT2D eigenvalue weighted by Gasteiger charge is -2.39. The molecule has 0 unspecified atom stereocenters. The zero-order valence-electron chi connectivity index (χ0n) is 22.3. The summed E-state index contributed by atoms with van der Waals surface area (Å²) in [6.07, 6.45) is 7.03. The van der Waals surface area contributed by atoms with Gasteiger partial charge in [0.05, 0.1) is 17.9 Å². The zero-order valence-corrected chi connectivity index (χ0v) is 23.0. The Bertz CT molecular complexity index is 1140. The molecule has 9 atom stereocenters. The van der Waals surface area contributed by atoms with Crippen LogP contribution in [-0.2, 0) is 19.1 Å². The second-order valence-electron chi connectivity index (χ2n) is 11.5. The predicted molar refractivity (Wildman–Crippen MR) is 143 cm³/mol. The molecule has 2 N–H and O–H groups in total. The van der Waals surface area contributed by atoms with E-state index in [4.69, 9.17) is 16.3 Å². The maximum atomic E-state index is 14.0. The van der Waals surface area contributed by atoms with E-state index in [1.54, 1.807) is 17.0 Å². The molecule has 1 saturated carbocycles. The van der Waals surface area contributed by atoms with E-state index in [1.807, 2.05) is 39.0 Å². The fourth-order valence-corrected chi connectivity index (χ4v) is 7.00. The van der Waals surface area contributed by atoms with Crippen molar-refractivity contribution in [1.29, 1.82) is 0 Å². The molecular weight excluding hydrogens is 490 g/mol. The van der Waals surface area contributed by atoms with Gasteiger partial charge in [0.1, 0.15) is 11.6 Å². The van der Waals surface area contributed by atoms with Crippen LogP contribution in [0.1, 0.15) is 58.9 Å². The standard InChI is InChI=1S/C29H38ClN3O4/c1-6-17(4)33-25(27(35)32-21-9-7-8-15(2)18(21)5)29-13-12-22(37-29)23(24(29)28(33)36)26(34)31-19-11-10-16(3)20(30)14-19/h10-15,17-18,21-25H,6-9H2,1-5H3,(H,31,34)(H,32,35)/t15-,17+,18-,21-,22-,23-,24-,25+,29+/m1/s1. The van der Waals surface area contributed by atoms with Crippen LogP contribution < -0.4 is 10.6 Å². The topological polar surface area (TPSA) is 87.7 Å². The number of benzene rings is 1. The number of nitrogens with one attached hydrogen (secondary N) is 2. The summed E-state index contributed by atoms with van der Waals surface area (Å²) in [6, 6.07) is 4.44. The van der Waals surface area contributed by atoms with Gasteiger partial charge in [-0.1, -0.05) is 63.4 Å². The van der Waals surface area contributed by atoms with Gasteiger partial charge in [-0.15, -0.1) is 0 Å². The first-order valence-corrected chi connectivity index (χ1v) is 14.0. The van der Waals surface area contributed by atoms with E-state index in [2.05, 4.69) is 24.5 Å². The van der Waals surface area contributed by atoms with E-state index in [0.717, 1.165) is 24.8 Å². The predicted octanol–water partition coefficient (Wildman–Crippen LogP) is 4.48. The Kier molecular flexibility index (Phi) is 6.90. The number of anilines is 1. The molecule has 2 bridgehead atoms. The molecule has 8 heteroatoms. The molecule has 7 nitrogen and oxygen atoms in total. The molecule has 3 amide bonds. The molecule has 3 aliphatic heterocycles. The second-order valence-corrected chi connectivity index (χ2v) is 11.9. The maximum Gasteiger partial charge on any atom is 0.246 e. The van der Waals surface area contributed by atoms with E-state index in [1.165, 1.54) is 0 Å². The largest absolute Gasteiger partial charge is 0.359 e. The lowest BCUT2D eigenvalue weighted by molar-refractivity contribution is -0.144. The molecule has 1 aromatic carbocycles. The Labute approximate surface area is 224 Å². The molecule has 0 aromatic heterocycles. The monoisotopic (exact) mass is 527 g/mol. The SMILES string of the molecule is CC[C@H](C)N1C(=O)[C@H]2[C@H](C(=O)Nc3ccc(C)c(Cl)c3)[C@H]3C=C[C@@]2(O3)[C@@H]1C(=O)N[C@@H]1CCC[C@@H](C)[C@H]1C. The third-order valence-electron chi connectivity index (χ3n) is 9.40. The summed E-state index contributed by atoms with van der Waals surface area (Å²) in [6.45, 7) is 10.3. The van der Waals surface area contributed by atoms with E-state index in [9.17, 15) is 14.4 Å². The van der Waals surface area contributed by atoms with Crippen LogP contribution in [0.3, 0.4) is 0 Å². The van der Waals surface area contributed by atoms with Crippen LogP contribution in [0, 0.1) is 30.6 Å². The fraction of sp³-hybridized carbons (Fsp3) is 0.621. The van der Waals surface area contributed by atoms with Gasteiger partial charge in [-0.25, -0.2) is 0 Å². The van der Waals surface area contributed by atoms with Crippen LogP contribution in [0.25, 0.3) is 0 Å². The smallest absolute Gasteiger partial charge is 0.246 e. The van der Waals surface area contributed by atoms with Gasteiger partial charge in [0.2, 0.25) is 17.7 Å². The van der Waals surface area contributed by atoms with Crippen LogP contribution >= 0.6 is 11.6 Å². The Morgan fingerprint density at radius 3 is 2.70 bits per heavy atom. The summed E-state index contributed by atoms with van der Waals surface area (Å²) in [5.41, 5.74) is 0.335. The molecule has 4 aliphatic rings. The molecule has 3 heterocycles. The molecular formula is C29H38ClN3O4. The number of hydrogen-bond donors (Lipinski definition) is 2. The first-order chi connectivity index (χ1) is 17.6. The number of carbonyl (C=O) groups is 3. The normalized spacial score (nSPS) is 37.0. The Morgan fingerprint density at radius 2 is 2.00 bits per heavy atom. The lowest BCUT2D eigenvalue weighted by atomic mass is 9.73. The zero-order chi connectivity index (χ0) is 26.6. The fourth-order valence-electron chi connectivity index (χ4n) is 6.82. The van der Waals surface area contributed by atoms with Gasteiger partial charge < -0.3 is 20.3 Å². The summed E-state index contributed by atoms with van der Waals surface area (Å²) in [7, 11) is 0. The van der Waals surface area contributed by atoms with Crippen LogP contribution in [0.5, 0.6) is 0 Å². The van der Waals surface area contributed by atoms with Crippen molar-refractivity contribution in [2.45, 2.75) is 90.1 Å². The number of aryl methyl sites for hydroxylation is 1. The molecule has 200 valence electrons. The summed E-state index contributed by atoms with van der Waals surface area (Å²) in [5, 5.41) is 6.79. The Balaban J connectivity index is 1.45. The van der Waals surface area contributed by atoms with Crippen molar-refractivity contribution in [3.05, 3.63) is 40.9 Å². The maximum absolute atomic E-state index is 14.0. The van der Waals surface area contributed by atoms with Crippen molar-refractivity contribution in [2.75, 3.05) is 5.32 Å². The van der Waals surface area contributed by atoms with Crippen LogP contribution in [0.4, 0.5) is 5.69 Å². The average Bonchev–Trinajstić information content (AvgIpc) is 3.51. The first kappa shape index (κ1) is 26.2. The van der Waals surface area contributed by atoms with Crippen molar-refractivity contribution in [2.24, 2.45) is 23.7 Å². The number of amides is 3. The minimum atomic E-state index is -1.15. The van der Waals surface area contributed by atoms with Crippen LogP contribution in [0.15, 0.2) is 30.4 Å². The van der Waals surface area contributed by atoms with Crippen molar-refractivity contribution in [3.63, 3.8) is 0 Å². The second kappa shape index (κ2) is 9.73. The Hall–Kier alpha value is -2.38. The number of hydrogen-bond acceptors (Lipinski definition) is 4. The van der Waals surface area contributed by atoms with Gasteiger partial charge >= 0.3 is 0 Å². The molecule has 1 aliphatic carbocycles. The number of fused-ring (bicyclic) bond motifs is 1. The minimum absolute atomic E-state index is 0.0635. The lowest BCUT2D eigenvalue weighted by Crippen LogP contribution is -2.59. The van der Waals surface area contributed by atoms with E-state index >= 15 is 0 Å². The van der Waals surface area contributed by atoms with Gasteiger partial charge in [0, 0.05) is 22.8 Å². The Morgan fingerprint density at radius 1 is 1.24 bits per heavy atom. The van der Waals surface area contributed by atoms with Crippen LogP contribution in [-0.4, -0.2) is 52.5 Å². The van der Waals surface area contributed by atoms with Gasteiger partial charge in [-0.3, -0.25) is 14.4 Å². The number of carbonyl (C=O) groups excluding carboxylic acids is 3. The average molecular weight is 528 g/mol. The van der Waals surface area contributed by atoms with Crippen molar-refractivity contribution >= 4 is 35.0 Å². The molecule has 0 radical (unpaired) electrons. The van der Waals surface area contributed by atoms with Crippen molar-refractivity contribution < 1.29 is 19.1 Å².